The fraction of sp³-hybridized carbons (Fsp3) is 0.150. The SMILES string of the molecule is O=C(Nc1ccc(N2CCc3sccc3C2)cc1)c1cc(F)c(F)cc1Cl. The van der Waals surface area contributed by atoms with Crippen LogP contribution in [0.15, 0.2) is 47.8 Å². The second kappa shape index (κ2) is 7.29. The number of amides is 1. The number of hydrogen-bond acceptors (Lipinski definition) is 3. The van der Waals surface area contributed by atoms with Crippen LogP contribution in [0.2, 0.25) is 5.02 Å². The summed E-state index contributed by atoms with van der Waals surface area (Å²) < 4.78 is 26.5. The second-order valence-electron chi connectivity index (χ2n) is 6.29. The van der Waals surface area contributed by atoms with E-state index < -0.39 is 17.5 Å². The zero-order valence-corrected chi connectivity index (χ0v) is 15.7. The van der Waals surface area contributed by atoms with Crippen LogP contribution in [0.3, 0.4) is 0 Å². The molecule has 138 valence electrons. The summed E-state index contributed by atoms with van der Waals surface area (Å²) in [5.41, 5.74) is 2.87. The van der Waals surface area contributed by atoms with Gasteiger partial charge in [-0.25, -0.2) is 8.78 Å². The van der Waals surface area contributed by atoms with Gasteiger partial charge in [0.15, 0.2) is 11.6 Å². The average molecular weight is 405 g/mol. The van der Waals surface area contributed by atoms with Gasteiger partial charge >= 0.3 is 0 Å². The summed E-state index contributed by atoms with van der Waals surface area (Å²) in [6.07, 6.45) is 1.03. The Bertz CT molecular complexity index is 1000. The Kier molecular flexibility index (Phi) is 4.85. The van der Waals surface area contributed by atoms with Gasteiger partial charge in [-0.05, 0) is 59.8 Å². The van der Waals surface area contributed by atoms with Gasteiger partial charge < -0.3 is 10.2 Å². The van der Waals surface area contributed by atoms with Gasteiger partial charge in [-0.3, -0.25) is 4.79 Å². The third-order valence-electron chi connectivity index (χ3n) is 4.55. The van der Waals surface area contributed by atoms with Gasteiger partial charge in [0, 0.05) is 29.3 Å². The fourth-order valence-corrected chi connectivity index (χ4v) is 4.25. The lowest BCUT2D eigenvalue weighted by atomic mass is 10.1. The number of benzene rings is 2. The molecular weight excluding hydrogens is 390 g/mol. The van der Waals surface area contributed by atoms with Crippen molar-refractivity contribution < 1.29 is 13.6 Å². The first-order valence-corrected chi connectivity index (χ1v) is 9.63. The Morgan fingerprint density at radius 1 is 1.11 bits per heavy atom. The maximum atomic E-state index is 13.4. The van der Waals surface area contributed by atoms with Crippen LogP contribution >= 0.6 is 22.9 Å². The van der Waals surface area contributed by atoms with Crippen molar-refractivity contribution in [3.8, 4) is 0 Å². The molecule has 0 saturated heterocycles. The van der Waals surface area contributed by atoms with Gasteiger partial charge in [0.2, 0.25) is 0 Å². The molecule has 3 nitrogen and oxygen atoms in total. The van der Waals surface area contributed by atoms with E-state index in [0.29, 0.717) is 5.69 Å². The van der Waals surface area contributed by atoms with Crippen molar-refractivity contribution in [2.45, 2.75) is 13.0 Å². The first kappa shape index (κ1) is 17.9. The maximum Gasteiger partial charge on any atom is 0.257 e. The molecule has 0 unspecified atom stereocenters. The lowest BCUT2D eigenvalue weighted by Gasteiger charge is -2.29. The van der Waals surface area contributed by atoms with E-state index in [4.69, 9.17) is 11.6 Å². The molecule has 1 aliphatic rings. The smallest absolute Gasteiger partial charge is 0.257 e. The standard InChI is InChI=1S/C20H15ClF2N2OS/c21-16-10-18(23)17(22)9-15(16)20(26)24-13-1-3-14(4-2-13)25-7-5-19-12(11-25)6-8-27-19/h1-4,6,8-10H,5,7,11H2,(H,24,26). The predicted octanol–water partition coefficient (Wildman–Crippen LogP) is 5.49. The van der Waals surface area contributed by atoms with E-state index in [0.717, 1.165) is 37.3 Å². The number of carbonyl (C=O) groups is 1. The Morgan fingerprint density at radius 3 is 2.63 bits per heavy atom. The van der Waals surface area contributed by atoms with Crippen LogP contribution in [0.4, 0.5) is 20.2 Å². The van der Waals surface area contributed by atoms with Crippen LogP contribution in [0.25, 0.3) is 0 Å². The molecule has 3 aromatic rings. The maximum absolute atomic E-state index is 13.4. The second-order valence-corrected chi connectivity index (χ2v) is 7.70. The average Bonchev–Trinajstić information content (AvgIpc) is 3.13. The van der Waals surface area contributed by atoms with E-state index in [1.807, 2.05) is 12.1 Å². The Morgan fingerprint density at radius 2 is 1.85 bits per heavy atom. The quantitative estimate of drug-likeness (QED) is 0.585. The minimum absolute atomic E-state index is 0.110. The summed E-state index contributed by atoms with van der Waals surface area (Å²) in [7, 11) is 0. The highest BCUT2D eigenvalue weighted by molar-refractivity contribution is 7.10. The topological polar surface area (TPSA) is 32.3 Å². The molecule has 1 aliphatic heterocycles. The van der Waals surface area contributed by atoms with Gasteiger partial charge in [0.25, 0.3) is 5.91 Å². The molecule has 0 atom stereocenters. The minimum atomic E-state index is -1.11. The summed E-state index contributed by atoms with van der Waals surface area (Å²) in [5, 5.41) is 4.64. The molecule has 4 rings (SSSR count). The van der Waals surface area contributed by atoms with Crippen LogP contribution in [0.5, 0.6) is 0 Å². The third kappa shape index (κ3) is 3.68. The van der Waals surface area contributed by atoms with E-state index in [-0.39, 0.29) is 10.6 Å². The molecule has 7 heteroatoms. The Balaban J connectivity index is 1.47. The zero-order chi connectivity index (χ0) is 19.0. The van der Waals surface area contributed by atoms with Crippen LogP contribution in [-0.4, -0.2) is 12.5 Å². The van der Waals surface area contributed by atoms with Crippen LogP contribution in [0.1, 0.15) is 20.8 Å². The first-order chi connectivity index (χ1) is 13.0. The number of nitrogens with zero attached hydrogens (tertiary/aromatic N) is 1. The number of halogens is 3. The number of carbonyl (C=O) groups excluding carboxylic acids is 1. The van der Waals surface area contributed by atoms with Gasteiger partial charge in [-0.1, -0.05) is 11.6 Å². The zero-order valence-electron chi connectivity index (χ0n) is 14.1. The van der Waals surface area contributed by atoms with E-state index in [1.54, 1.807) is 23.5 Å². The van der Waals surface area contributed by atoms with Crippen LogP contribution in [-0.2, 0) is 13.0 Å². The van der Waals surface area contributed by atoms with Gasteiger partial charge in [-0.2, -0.15) is 0 Å². The molecule has 0 aliphatic carbocycles. The van der Waals surface area contributed by atoms with Crippen molar-refractivity contribution in [2.75, 3.05) is 16.8 Å². The molecule has 2 heterocycles. The van der Waals surface area contributed by atoms with E-state index in [2.05, 4.69) is 21.7 Å². The number of thiophene rings is 1. The molecule has 1 aromatic heterocycles. The van der Waals surface area contributed by atoms with E-state index in [9.17, 15) is 13.6 Å². The number of fused-ring (bicyclic) bond motifs is 1. The number of hydrogen-bond donors (Lipinski definition) is 1. The molecule has 0 bridgehead atoms. The molecule has 0 fully saturated rings. The lowest BCUT2D eigenvalue weighted by molar-refractivity contribution is 0.102. The molecule has 0 saturated carbocycles. The van der Waals surface area contributed by atoms with Crippen molar-refractivity contribution >= 4 is 40.2 Å². The van der Waals surface area contributed by atoms with Crippen molar-refractivity contribution in [3.63, 3.8) is 0 Å². The number of nitrogens with one attached hydrogen (secondary N) is 1. The molecular formula is C20H15ClF2N2OS. The number of anilines is 2. The third-order valence-corrected chi connectivity index (χ3v) is 5.89. The van der Waals surface area contributed by atoms with Crippen molar-refractivity contribution in [1.82, 2.24) is 0 Å². The van der Waals surface area contributed by atoms with Crippen molar-refractivity contribution in [3.05, 3.63) is 80.5 Å². The summed E-state index contributed by atoms with van der Waals surface area (Å²) >= 11 is 7.65. The summed E-state index contributed by atoms with van der Waals surface area (Å²) in [6, 6.07) is 11.2. The monoisotopic (exact) mass is 404 g/mol. The van der Waals surface area contributed by atoms with E-state index >= 15 is 0 Å². The van der Waals surface area contributed by atoms with Crippen LogP contribution in [0, 0.1) is 11.6 Å². The lowest BCUT2D eigenvalue weighted by Crippen LogP contribution is -2.29. The van der Waals surface area contributed by atoms with Gasteiger partial charge in [0.05, 0.1) is 10.6 Å². The summed E-state index contributed by atoms with van der Waals surface area (Å²) in [6.45, 7) is 1.82. The summed E-state index contributed by atoms with van der Waals surface area (Å²) in [4.78, 5) is 16.0. The van der Waals surface area contributed by atoms with E-state index in [1.165, 1.54) is 10.4 Å². The summed E-state index contributed by atoms with van der Waals surface area (Å²) in [5.74, 6) is -2.79. The highest BCUT2D eigenvalue weighted by Crippen LogP contribution is 2.29. The Hall–Kier alpha value is -2.44. The molecule has 0 radical (unpaired) electrons. The predicted molar refractivity (Wildman–Crippen MR) is 105 cm³/mol. The van der Waals surface area contributed by atoms with Crippen molar-refractivity contribution in [1.29, 1.82) is 0 Å². The highest BCUT2D eigenvalue weighted by atomic mass is 35.5. The van der Waals surface area contributed by atoms with Crippen molar-refractivity contribution in [2.24, 2.45) is 0 Å². The minimum Gasteiger partial charge on any atom is -0.367 e. The molecule has 1 amide bonds. The van der Waals surface area contributed by atoms with Gasteiger partial charge in [-0.15, -0.1) is 11.3 Å². The number of rotatable bonds is 3. The molecule has 2 aromatic carbocycles. The molecule has 1 N–H and O–H groups in total. The molecule has 27 heavy (non-hydrogen) atoms. The van der Waals surface area contributed by atoms with Gasteiger partial charge in [0.1, 0.15) is 0 Å². The highest BCUT2D eigenvalue weighted by Gasteiger charge is 2.18. The first-order valence-electron chi connectivity index (χ1n) is 8.37. The van der Waals surface area contributed by atoms with Crippen LogP contribution < -0.4 is 10.2 Å². The normalized spacial score (nSPS) is 13.4. The molecule has 0 spiro atoms. The largest absolute Gasteiger partial charge is 0.367 e. The Labute approximate surface area is 164 Å². The fourth-order valence-electron chi connectivity index (χ4n) is 3.12.